The number of rotatable bonds is 2. The Morgan fingerprint density at radius 2 is 2.35 bits per heavy atom. The van der Waals surface area contributed by atoms with E-state index in [1.54, 1.807) is 7.11 Å². The van der Waals surface area contributed by atoms with E-state index in [1.807, 2.05) is 12.1 Å². The SMILES string of the molecule is COc1cccc2c1CCN(c1snc(Cl)c1C#N)C2. The number of halogens is 1. The highest BCUT2D eigenvalue weighted by atomic mass is 35.5. The van der Waals surface area contributed by atoms with Gasteiger partial charge in [-0.25, -0.2) is 0 Å². The van der Waals surface area contributed by atoms with Crippen LogP contribution in [0.4, 0.5) is 5.00 Å². The van der Waals surface area contributed by atoms with Gasteiger partial charge in [-0.05, 0) is 29.6 Å². The molecule has 0 atom stereocenters. The zero-order valence-electron chi connectivity index (χ0n) is 10.9. The third kappa shape index (κ3) is 2.11. The molecular weight excluding hydrogens is 294 g/mol. The minimum absolute atomic E-state index is 0.295. The van der Waals surface area contributed by atoms with E-state index in [-0.39, 0.29) is 0 Å². The molecule has 0 unspecified atom stereocenters. The molecule has 4 nitrogen and oxygen atoms in total. The van der Waals surface area contributed by atoms with E-state index in [0.29, 0.717) is 10.7 Å². The first-order valence-corrected chi connectivity index (χ1v) is 7.34. The van der Waals surface area contributed by atoms with Crippen LogP contribution in [0.3, 0.4) is 0 Å². The van der Waals surface area contributed by atoms with E-state index in [1.165, 1.54) is 22.7 Å². The Bertz CT molecular complexity index is 692. The molecule has 1 aromatic heterocycles. The van der Waals surface area contributed by atoms with Crippen molar-refractivity contribution < 1.29 is 4.74 Å². The lowest BCUT2D eigenvalue weighted by atomic mass is 9.99. The van der Waals surface area contributed by atoms with Crippen LogP contribution >= 0.6 is 23.1 Å². The molecule has 0 saturated carbocycles. The summed E-state index contributed by atoms with van der Waals surface area (Å²) in [6.45, 7) is 1.58. The summed E-state index contributed by atoms with van der Waals surface area (Å²) in [5, 5.41) is 10.3. The molecule has 0 bridgehead atoms. The Labute approximate surface area is 126 Å². The molecule has 3 rings (SSSR count). The number of ether oxygens (including phenoxy) is 1. The van der Waals surface area contributed by atoms with Crippen molar-refractivity contribution in [2.45, 2.75) is 13.0 Å². The lowest BCUT2D eigenvalue weighted by Crippen LogP contribution is -2.30. The van der Waals surface area contributed by atoms with Gasteiger partial charge in [0.2, 0.25) is 0 Å². The van der Waals surface area contributed by atoms with E-state index >= 15 is 0 Å². The number of nitriles is 1. The Kier molecular flexibility index (Phi) is 3.51. The van der Waals surface area contributed by atoms with Crippen LogP contribution in [-0.2, 0) is 13.0 Å². The van der Waals surface area contributed by atoms with Gasteiger partial charge in [-0.1, -0.05) is 23.7 Å². The van der Waals surface area contributed by atoms with Crippen molar-refractivity contribution in [3.05, 3.63) is 40.0 Å². The monoisotopic (exact) mass is 305 g/mol. The van der Waals surface area contributed by atoms with Crippen molar-refractivity contribution in [3.63, 3.8) is 0 Å². The fourth-order valence-electron chi connectivity index (χ4n) is 2.51. The highest BCUT2D eigenvalue weighted by Gasteiger charge is 2.24. The fourth-order valence-corrected chi connectivity index (χ4v) is 3.57. The molecule has 0 spiro atoms. The molecule has 102 valence electrons. The normalized spacial score (nSPS) is 13.8. The van der Waals surface area contributed by atoms with Gasteiger partial charge in [0.25, 0.3) is 0 Å². The Balaban J connectivity index is 1.95. The number of hydrogen-bond donors (Lipinski definition) is 0. The van der Waals surface area contributed by atoms with Crippen molar-refractivity contribution in [2.24, 2.45) is 0 Å². The van der Waals surface area contributed by atoms with E-state index in [2.05, 4.69) is 21.4 Å². The van der Waals surface area contributed by atoms with Gasteiger partial charge in [-0.15, -0.1) is 0 Å². The Hall–Kier alpha value is -1.77. The van der Waals surface area contributed by atoms with Gasteiger partial charge in [-0.2, -0.15) is 9.64 Å². The highest BCUT2D eigenvalue weighted by Crippen LogP contribution is 2.36. The summed E-state index contributed by atoms with van der Waals surface area (Å²) in [5.74, 6) is 0.935. The van der Waals surface area contributed by atoms with E-state index in [0.717, 1.165) is 30.3 Å². The predicted molar refractivity (Wildman–Crippen MR) is 79.6 cm³/mol. The van der Waals surface area contributed by atoms with Crippen LogP contribution in [0.1, 0.15) is 16.7 Å². The van der Waals surface area contributed by atoms with Gasteiger partial charge < -0.3 is 9.64 Å². The zero-order valence-corrected chi connectivity index (χ0v) is 12.5. The summed E-state index contributed by atoms with van der Waals surface area (Å²) in [4.78, 5) is 2.16. The minimum atomic E-state index is 0.295. The molecule has 20 heavy (non-hydrogen) atoms. The first-order valence-electron chi connectivity index (χ1n) is 6.19. The molecule has 0 saturated heterocycles. The predicted octanol–water partition coefficient (Wildman–Crippen LogP) is 3.24. The van der Waals surface area contributed by atoms with Crippen molar-refractivity contribution >= 4 is 28.1 Å². The number of methoxy groups -OCH3 is 1. The van der Waals surface area contributed by atoms with Crippen LogP contribution in [0.15, 0.2) is 18.2 Å². The van der Waals surface area contributed by atoms with Crippen LogP contribution in [0.25, 0.3) is 0 Å². The van der Waals surface area contributed by atoms with Gasteiger partial charge >= 0.3 is 0 Å². The van der Waals surface area contributed by atoms with E-state index in [4.69, 9.17) is 16.3 Å². The average molecular weight is 306 g/mol. The van der Waals surface area contributed by atoms with Gasteiger partial charge in [0, 0.05) is 18.7 Å². The molecule has 0 fully saturated rings. The van der Waals surface area contributed by atoms with Gasteiger partial charge in [0.15, 0.2) is 5.15 Å². The van der Waals surface area contributed by atoms with Gasteiger partial charge in [0.05, 0.1) is 7.11 Å². The quantitative estimate of drug-likeness (QED) is 0.854. The standard InChI is InChI=1S/C14H12ClN3OS/c1-19-12-4-2-3-9-8-18(6-5-10(9)12)14-11(7-16)13(15)17-20-14/h2-4H,5-6,8H2,1H3. The molecule has 0 amide bonds. The highest BCUT2D eigenvalue weighted by molar-refractivity contribution is 7.10. The summed E-state index contributed by atoms with van der Waals surface area (Å²) in [6.07, 6.45) is 0.889. The summed E-state index contributed by atoms with van der Waals surface area (Å²) < 4.78 is 9.47. The lowest BCUT2D eigenvalue weighted by molar-refractivity contribution is 0.407. The summed E-state index contributed by atoms with van der Waals surface area (Å²) in [7, 11) is 1.69. The number of hydrogen-bond acceptors (Lipinski definition) is 5. The molecule has 2 heterocycles. The number of fused-ring (bicyclic) bond motifs is 1. The summed E-state index contributed by atoms with van der Waals surface area (Å²) in [5.41, 5.74) is 2.95. The molecule has 0 N–H and O–H groups in total. The molecule has 6 heteroatoms. The molecule has 0 radical (unpaired) electrons. The van der Waals surface area contributed by atoms with Crippen molar-refractivity contribution in [3.8, 4) is 11.8 Å². The molecule has 1 aromatic carbocycles. The third-order valence-corrected chi connectivity index (χ3v) is 4.76. The van der Waals surface area contributed by atoms with Crippen LogP contribution in [0, 0.1) is 11.3 Å². The van der Waals surface area contributed by atoms with Crippen LogP contribution in [0.5, 0.6) is 5.75 Å². The minimum Gasteiger partial charge on any atom is -0.496 e. The van der Waals surface area contributed by atoms with E-state index < -0.39 is 0 Å². The van der Waals surface area contributed by atoms with Crippen LogP contribution in [0.2, 0.25) is 5.15 Å². The Morgan fingerprint density at radius 3 is 3.10 bits per heavy atom. The maximum Gasteiger partial charge on any atom is 0.162 e. The van der Waals surface area contributed by atoms with Crippen LogP contribution in [-0.4, -0.2) is 18.0 Å². The molecular formula is C14H12ClN3OS. The number of aromatic nitrogens is 1. The second-order valence-corrected chi connectivity index (χ2v) is 5.64. The number of anilines is 1. The summed E-state index contributed by atoms with van der Waals surface area (Å²) >= 11 is 7.22. The second-order valence-electron chi connectivity index (χ2n) is 4.53. The lowest BCUT2D eigenvalue weighted by Gasteiger charge is -2.30. The maximum absolute atomic E-state index is 9.18. The first-order chi connectivity index (χ1) is 9.74. The van der Waals surface area contributed by atoms with Crippen molar-refractivity contribution in [1.29, 1.82) is 5.26 Å². The molecule has 2 aromatic rings. The Morgan fingerprint density at radius 1 is 1.50 bits per heavy atom. The molecule has 1 aliphatic rings. The van der Waals surface area contributed by atoms with Crippen LogP contribution < -0.4 is 9.64 Å². The fraction of sp³-hybridized carbons (Fsp3) is 0.286. The number of benzene rings is 1. The van der Waals surface area contributed by atoms with Crippen molar-refractivity contribution in [1.82, 2.24) is 4.37 Å². The maximum atomic E-state index is 9.18. The van der Waals surface area contributed by atoms with Gasteiger partial charge in [0.1, 0.15) is 22.4 Å². The number of nitrogens with zero attached hydrogens (tertiary/aromatic N) is 3. The third-order valence-electron chi connectivity index (χ3n) is 3.47. The van der Waals surface area contributed by atoms with Gasteiger partial charge in [-0.3, -0.25) is 0 Å². The first kappa shape index (κ1) is 13.2. The molecule has 0 aliphatic carbocycles. The zero-order chi connectivity index (χ0) is 14.1. The molecule has 1 aliphatic heterocycles. The van der Waals surface area contributed by atoms with E-state index in [9.17, 15) is 5.26 Å². The smallest absolute Gasteiger partial charge is 0.162 e. The topological polar surface area (TPSA) is 49.1 Å². The largest absolute Gasteiger partial charge is 0.496 e. The van der Waals surface area contributed by atoms with Crippen molar-refractivity contribution in [2.75, 3.05) is 18.6 Å². The average Bonchev–Trinajstić information content (AvgIpc) is 2.86. The summed E-state index contributed by atoms with van der Waals surface area (Å²) in [6, 6.07) is 8.21. The second kappa shape index (κ2) is 5.31.